The van der Waals surface area contributed by atoms with Crippen LogP contribution in [0.25, 0.3) is 0 Å². The van der Waals surface area contributed by atoms with Crippen molar-refractivity contribution >= 4 is 17.8 Å². The molecule has 0 radical (unpaired) electrons. The topological polar surface area (TPSA) is 67.9 Å². The first-order valence-electron chi connectivity index (χ1n) is 4.57. The second-order valence-corrected chi connectivity index (χ2v) is 3.29. The molecule has 0 fully saturated rings. The average Bonchev–Trinajstić information content (AvgIpc) is 2.78. The highest BCUT2D eigenvalue weighted by Crippen LogP contribution is 2.05. The number of halogens is 1. The van der Waals surface area contributed by atoms with Gasteiger partial charge in [-0.1, -0.05) is 30.3 Å². The molecule has 0 saturated carbocycles. The fraction of sp³-hybridized carbons (Fsp3) is 0.100. The number of benzene rings is 1. The number of H-pyrrole nitrogens is 1. The molecule has 1 heterocycles. The Morgan fingerprint density at radius 2 is 2.12 bits per heavy atom. The smallest absolute Gasteiger partial charge is 0.341 e. The molecule has 2 aromatic rings. The van der Waals surface area contributed by atoms with Gasteiger partial charge in [-0.3, -0.25) is 5.10 Å². The van der Waals surface area contributed by atoms with Gasteiger partial charge in [-0.25, -0.2) is 9.78 Å². The van der Waals surface area contributed by atoms with Gasteiger partial charge in [-0.15, -0.1) is 5.10 Å². The Morgan fingerprint density at radius 3 is 2.81 bits per heavy atom. The third-order valence-electron chi connectivity index (χ3n) is 2.00. The van der Waals surface area contributed by atoms with Gasteiger partial charge >= 0.3 is 5.97 Å². The molecule has 0 unspecified atom stereocenters. The van der Waals surface area contributed by atoms with Crippen molar-refractivity contribution < 1.29 is 9.08 Å². The van der Waals surface area contributed by atoms with E-state index < -0.39 is 5.97 Å². The quantitative estimate of drug-likeness (QED) is 0.882. The molecule has 2 rings (SSSR count). The highest BCUT2D eigenvalue weighted by atomic mass is 35.5. The maximum atomic E-state index is 11.0. The zero-order valence-corrected chi connectivity index (χ0v) is 8.94. The molecule has 16 heavy (non-hydrogen) atoms. The Morgan fingerprint density at radius 1 is 1.38 bits per heavy atom. The molecule has 5 nitrogen and oxygen atoms in total. The van der Waals surface area contributed by atoms with Crippen molar-refractivity contribution in [2.24, 2.45) is 0 Å². The van der Waals surface area contributed by atoms with Crippen LogP contribution in [0.2, 0.25) is 0 Å². The lowest BCUT2D eigenvalue weighted by molar-refractivity contribution is 0.0739. The first-order chi connectivity index (χ1) is 7.79. The molecule has 1 N–H and O–H groups in total. The molecule has 0 aliphatic rings. The summed E-state index contributed by atoms with van der Waals surface area (Å²) in [4.78, 5) is 14.9. The molecular weight excluding hydrogens is 230 g/mol. The molecule has 0 spiro atoms. The number of hydrogen-bond donors (Lipinski definition) is 1. The Hall–Kier alpha value is -1.88. The van der Waals surface area contributed by atoms with Crippen LogP contribution in [0.4, 0.5) is 0 Å². The number of nitrogens with zero attached hydrogens (tertiary/aromatic N) is 2. The van der Waals surface area contributed by atoms with E-state index in [0.29, 0.717) is 12.2 Å². The van der Waals surface area contributed by atoms with Crippen molar-refractivity contribution in [1.29, 1.82) is 0 Å². The summed E-state index contributed by atoms with van der Waals surface area (Å²) in [5, 5.41) is 6.34. The van der Waals surface area contributed by atoms with E-state index in [4.69, 9.17) is 11.9 Å². The molecule has 0 atom stereocenters. The first-order valence-corrected chi connectivity index (χ1v) is 4.88. The Labute approximate surface area is 96.6 Å². The lowest BCUT2D eigenvalue weighted by atomic mass is 10.1. The third-order valence-corrected chi connectivity index (χ3v) is 2.14. The fourth-order valence-corrected chi connectivity index (χ4v) is 1.36. The summed E-state index contributed by atoms with van der Waals surface area (Å²) in [6, 6.07) is 9.71. The van der Waals surface area contributed by atoms with E-state index in [1.807, 2.05) is 30.3 Å². The molecule has 0 saturated heterocycles. The molecule has 0 aliphatic carbocycles. The number of aromatic nitrogens is 3. The second-order valence-electron chi connectivity index (χ2n) is 3.13. The van der Waals surface area contributed by atoms with Crippen molar-refractivity contribution in [2.45, 2.75) is 6.42 Å². The van der Waals surface area contributed by atoms with E-state index in [9.17, 15) is 4.79 Å². The normalized spacial score (nSPS) is 10.1. The van der Waals surface area contributed by atoms with Crippen LogP contribution in [0.3, 0.4) is 0 Å². The van der Waals surface area contributed by atoms with Crippen molar-refractivity contribution in [3.05, 3.63) is 47.5 Å². The minimum absolute atomic E-state index is 0.0686. The molecule has 82 valence electrons. The molecule has 0 aliphatic heterocycles. The van der Waals surface area contributed by atoms with Gasteiger partial charge in [-0.05, 0) is 5.56 Å². The number of carbonyl (C=O) groups is 1. The van der Waals surface area contributed by atoms with Gasteiger partial charge in [0.25, 0.3) is 5.82 Å². The lowest BCUT2D eigenvalue weighted by Gasteiger charge is -1.95. The van der Waals surface area contributed by atoms with Crippen molar-refractivity contribution in [1.82, 2.24) is 15.2 Å². The zero-order valence-electron chi connectivity index (χ0n) is 8.18. The molecule has 0 bridgehead atoms. The van der Waals surface area contributed by atoms with E-state index in [0.717, 1.165) is 5.56 Å². The van der Waals surface area contributed by atoms with E-state index in [2.05, 4.69) is 19.5 Å². The predicted molar refractivity (Wildman–Crippen MR) is 56.9 cm³/mol. The second kappa shape index (κ2) is 4.76. The highest BCUT2D eigenvalue weighted by molar-refractivity contribution is 6.15. The van der Waals surface area contributed by atoms with Crippen LogP contribution in [0.1, 0.15) is 22.0 Å². The SMILES string of the molecule is O=C(OCl)c1n[nH]c(Cc2ccccc2)n1. The van der Waals surface area contributed by atoms with Crippen LogP contribution < -0.4 is 0 Å². The average molecular weight is 238 g/mol. The molecular formula is C10H8ClN3O2. The van der Waals surface area contributed by atoms with Crippen molar-refractivity contribution in [3.8, 4) is 0 Å². The summed E-state index contributed by atoms with van der Waals surface area (Å²) >= 11 is 4.91. The zero-order chi connectivity index (χ0) is 11.4. The van der Waals surface area contributed by atoms with Gasteiger partial charge in [0.15, 0.2) is 0 Å². The Bertz CT molecular complexity index is 484. The van der Waals surface area contributed by atoms with Crippen molar-refractivity contribution in [2.75, 3.05) is 0 Å². The summed E-state index contributed by atoms with van der Waals surface area (Å²) in [5.41, 5.74) is 1.07. The fourth-order valence-electron chi connectivity index (χ4n) is 1.29. The number of aromatic amines is 1. The molecule has 1 aromatic carbocycles. The van der Waals surface area contributed by atoms with Crippen LogP contribution in [0.5, 0.6) is 0 Å². The van der Waals surface area contributed by atoms with Gasteiger partial charge in [0.1, 0.15) is 17.7 Å². The van der Waals surface area contributed by atoms with E-state index >= 15 is 0 Å². The Balaban J connectivity index is 2.12. The summed E-state index contributed by atoms with van der Waals surface area (Å²) < 4.78 is 3.99. The van der Waals surface area contributed by atoms with Crippen LogP contribution in [-0.4, -0.2) is 21.2 Å². The van der Waals surface area contributed by atoms with Gasteiger partial charge in [0.2, 0.25) is 0 Å². The van der Waals surface area contributed by atoms with Gasteiger partial charge in [-0.2, -0.15) is 0 Å². The summed E-state index contributed by atoms with van der Waals surface area (Å²) in [7, 11) is 0. The van der Waals surface area contributed by atoms with E-state index in [1.165, 1.54) is 0 Å². The van der Waals surface area contributed by atoms with Crippen molar-refractivity contribution in [3.63, 3.8) is 0 Å². The minimum Gasteiger partial charge on any atom is -0.341 e. The summed E-state index contributed by atoms with van der Waals surface area (Å²) in [5.74, 6) is -0.249. The Kier molecular flexibility index (Phi) is 3.16. The monoisotopic (exact) mass is 237 g/mol. The van der Waals surface area contributed by atoms with Gasteiger partial charge in [0, 0.05) is 6.42 Å². The predicted octanol–water partition coefficient (Wildman–Crippen LogP) is 1.71. The lowest BCUT2D eigenvalue weighted by Crippen LogP contribution is -2.00. The van der Waals surface area contributed by atoms with E-state index in [-0.39, 0.29) is 5.82 Å². The maximum absolute atomic E-state index is 11.0. The number of carbonyl (C=O) groups excluding carboxylic acids is 1. The number of hydrogen-bond acceptors (Lipinski definition) is 4. The molecule has 0 amide bonds. The summed E-state index contributed by atoms with van der Waals surface area (Å²) in [6.07, 6.45) is 0.573. The minimum atomic E-state index is -0.766. The maximum Gasteiger partial charge on any atom is 0.396 e. The van der Waals surface area contributed by atoms with Crippen LogP contribution in [0.15, 0.2) is 30.3 Å². The van der Waals surface area contributed by atoms with E-state index in [1.54, 1.807) is 0 Å². The molecule has 1 aromatic heterocycles. The number of nitrogens with one attached hydrogen (secondary N) is 1. The van der Waals surface area contributed by atoms with Gasteiger partial charge in [0.05, 0.1) is 0 Å². The molecule has 6 heteroatoms. The van der Waals surface area contributed by atoms with Crippen LogP contribution in [0, 0.1) is 0 Å². The highest BCUT2D eigenvalue weighted by Gasteiger charge is 2.13. The summed E-state index contributed by atoms with van der Waals surface area (Å²) in [6.45, 7) is 0. The largest absolute Gasteiger partial charge is 0.396 e. The van der Waals surface area contributed by atoms with Crippen LogP contribution >= 0.6 is 11.9 Å². The number of rotatable bonds is 3. The van der Waals surface area contributed by atoms with Gasteiger partial charge < -0.3 is 4.29 Å². The van der Waals surface area contributed by atoms with Crippen LogP contribution in [-0.2, 0) is 10.7 Å². The first kappa shape index (κ1) is 10.6. The third kappa shape index (κ3) is 2.38. The standard InChI is InChI=1S/C10H8ClN3O2/c11-16-10(15)9-12-8(13-14-9)6-7-4-2-1-3-5-7/h1-5H,6H2,(H,12,13,14).